The second-order valence-corrected chi connectivity index (χ2v) is 7.18. The largest absolute Gasteiger partial charge is 0.493 e. The fourth-order valence-corrected chi connectivity index (χ4v) is 2.31. The van der Waals surface area contributed by atoms with E-state index < -0.39 is 35.8 Å². The van der Waals surface area contributed by atoms with Crippen molar-refractivity contribution in [2.75, 3.05) is 18.5 Å². The van der Waals surface area contributed by atoms with Crippen LogP contribution < -0.4 is 10.1 Å². The predicted molar refractivity (Wildman–Crippen MR) is 101 cm³/mol. The van der Waals surface area contributed by atoms with Gasteiger partial charge in [-0.05, 0) is 35.2 Å². The van der Waals surface area contributed by atoms with Crippen LogP contribution in [0.4, 0.5) is 14.5 Å². The van der Waals surface area contributed by atoms with Crippen molar-refractivity contribution < 1.29 is 27.8 Å². The summed E-state index contributed by atoms with van der Waals surface area (Å²) in [5.74, 6) is -2.70. The number of hydrogen-bond donors (Lipinski definition) is 1. The monoisotopic (exact) mass is 391 g/mol. The van der Waals surface area contributed by atoms with E-state index in [1.54, 1.807) is 0 Å². The van der Waals surface area contributed by atoms with E-state index in [4.69, 9.17) is 9.47 Å². The van der Waals surface area contributed by atoms with Crippen molar-refractivity contribution in [3.63, 3.8) is 0 Å². The average Bonchev–Trinajstić information content (AvgIpc) is 2.63. The first kappa shape index (κ1) is 21.3. The van der Waals surface area contributed by atoms with Crippen molar-refractivity contribution in [1.29, 1.82) is 0 Å². The quantitative estimate of drug-likeness (QED) is 0.718. The van der Waals surface area contributed by atoms with Gasteiger partial charge in [0.05, 0.1) is 13.0 Å². The molecule has 1 N–H and O–H groups in total. The summed E-state index contributed by atoms with van der Waals surface area (Å²) in [6.07, 6.45) is -0.0671. The smallest absolute Gasteiger partial charge is 0.309 e. The van der Waals surface area contributed by atoms with Gasteiger partial charge in [0.1, 0.15) is 23.1 Å². The van der Waals surface area contributed by atoms with E-state index in [0.717, 1.165) is 17.7 Å². The summed E-state index contributed by atoms with van der Waals surface area (Å²) in [6, 6.07) is 10.8. The molecule has 0 saturated heterocycles. The lowest BCUT2D eigenvalue weighted by molar-refractivity contribution is -0.147. The summed E-state index contributed by atoms with van der Waals surface area (Å²) in [7, 11) is 0. The first-order chi connectivity index (χ1) is 13.2. The van der Waals surface area contributed by atoms with Gasteiger partial charge in [-0.3, -0.25) is 9.59 Å². The van der Waals surface area contributed by atoms with Crippen molar-refractivity contribution in [2.45, 2.75) is 32.6 Å². The molecule has 7 heteroatoms. The van der Waals surface area contributed by atoms with Crippen molar-refractivity contribution in [3.8, 4) is 5.75 Å². The second-order valence-electron chi connectivity index (χ2n) is 7.18. The Labute approximate surface area is 162 Å². The predicted octanol–water partition coefficient (Wildman–Crippen LogP) is 4.21. The molecule has 0 aromatic heterocycles. The maximum atomic E-state index is 13.4. The lowest BCUT2D eigenvalue weighted by Crippen LogP contribution is -2.22. The SMILES string of the molecule is CC(C)(C)c1ccc(OCCC(=O)OCC(=O)Nc2c(F)cccc2F)cc1. The molecule has 0 aliphatic rings. The van der Waals surface area contributed by atoms with Gasteiger partial charge in [0.2, 0.25) is 0 Å². The number of carbonyl (C=O) groups is 2. The van der Waals surface area contributed by atoms with E-state index in [9.17, 15) is 18.4 Å². The summed E-state index contributed by atoms with van der Waals surface area (Å²) >= 11 is 0. The lowest BCUT2D eigenvalue weighted by atomic mass is 9.87. The molecule has 2 rings (SSSR count). The molecule has 0 aliphatic carbocycles. The van der Waals surface area contributed by atoms with Gasteiger partial charge in [-0.2, -0.15) is 0 Å². The number of rotatable bonds is 7. The van der Waals surface area contributed by atoms with Crippen LogP contribution in [0.3, 0.4) is 0 Å². The third-order valence-corrected chi connectivity index (χ3v) is 3.89. The summed E-state index contributed by atoms with van der Waals surface area (Å²) in [4.78, 5) is 23.4. The molecule has 2 aromatic carbocycles. The number of nitrogens with one attached hydrogen (secondary N) is 1. The number of esters is 1. The second kappa shape index (κ2) is 9.30. The van der Waals surface area contributed by atoms with Gasteiger partial charge in [-0.15, -0.1) is 0 Å². The maximum Gasteiger partial charge on any atom is 0.309 e. The van der Waals surface area contributed by atoms with Crippen molar-refractivity contribution in [1.82, 2.24) is 0 Å². The Balaban J connectivity index is 1.72. The Kier molecular flexibility index (Phi) is 7.09. The van der Waals surface area contributed by atoms with Crippen molar-refractivity contribution >= 4 is 17.6 Å². The van der Waals surface area contributed by atoms with Crippen LogP contribution in [0.1, 0.15) is 32.8 Å². The Morgan fingerprint density at radius 2 is 1.61 bits per heavy atom. The molecular weight excluding hydrogens is 368 g/mol. The van der Waals surface area contributed by atoms with Gasteiger partial charge < -0.3 is 14.8 Å². The van der Waals surface area contributed by atoms with E-state index in [1.807, 2.05) is 29.6 Å². The molecule has 0 bridgehead atoms. The fourth-order valence-electron chi connectivity index (χ4n) is 2.31. The molecular formula is C21H23F2NO4. The molecule has 0 fully saturated rings. The molecule has 150 valence electrons. The summed E-state index contributed by atoms with van der Waals surface area (Å²) < 4.78 is 37.2. The highest BCUT2D eigenvalue weighted by molar-refractivity contribution is 5.93. The van der Waals surface area contributed by atoms with Crippen LogP contribution in [0.25, 0.3) is 0 Å². The van der Waals surface area contributed by atoms with Crippen molar-refractivity contribution in [3.05, 3.63) is 59.7 Å². The van der Waals surface area contributed by atoms with Crippen LogP contribution in [0.5, 0.6) is 5.75 Å². The Bertz CT molecular complexity index is 809. The molecule has 2 aromatic rings. The van der Waals surface area contributed by atoms with E-state index in [1.165, 1.54) is 6.07 Å². The zero-order chi connectivity index (χ0) is 20.7. The minimum absolute atomic E-state index is 0.0362. The van der Waals surface area contributed by atoms with Crippen LogP contribution >= 0.6 is 0 Å². The number of hydrogen-bond acceptors (Lipinski definition) is 4. The molecule has 1 amide bonds. The number of amides is 1. The highest BCUT2D eigenvalue weighted by Gasteiger charge is 2.15. The third kappa shape index (κ3) is 6.33. The molecule has 0 aliphatic heterocycles. The van der Waals surface area contributed by atoms with Crippen LogP contribution in [0.2, 0.25) is 0 Å². The number of ether oxygens (including phenoxy) is 2. The van der Waals surface area contributed by atoms with Crippen molar-refractivity contribution in [2.24, 2.45) is 0 Å². The minimum Gasteiger partial charge on any atom is -0.493 e. The van der Waals surface area contributed by atoms with Gasteiger partial charge in [-0.1, -0.05) is 39.0 Å². The number of para-hydroxylation sites is 1. The van der Waals surface area contributed by atoms with Crippen LogP contribution in [-0.2, 0) is 19.7 Å². The van der Waals surface area contributed by atoms with Gasteiger partial charge in [0.15, 0.2) is 6.61 Å². The maximum absolute atomic E-state index is 13.4. The third-order valence-electron chi connectivity index (χ3n) is 3.89. The van der Waals surface area contributed by atoms with Gasteiger partial charge >= 0.3 is 5.97 Å². The normalized spacial score (nSPS) is 11.0. The summed E-state index contributed by atoms with van der Waals surface area (Å²) in [5.41, 5.74) is 0.622. The molecule has 0 saturated carbocycles. The first-order valence-corrected chi connectivity index (χ1v) is 8.79. The number of anilines is 1. The standard InChI is InChI=1S/C21H23F2NO4/c1-21(2,3)14-7-9-15(10-8-14)27-12-11-19(26)28-13-18(25)24-20-16(22)5-4-6-17(20)23/h4-10H,11-13H2,1-3H3,(H,24,25). The summed E-state index contributed by atoms with van der Waals surface area (Å²) in [5, 5.41) is 2.04. The van der Waals surface area contributed by atoms with E-state index in [-0.39, 0.29) is 18.4 Å². The van der Waals surface area contributed by atoms with E-state index >= 15 is 0 Å². The van der Waals surface area contributed by atoms with Crippen LogP contribution in [-0.4, -0.2) is 25.1 Å². The Morgan fingerprint density at radius 1 is 1.00 bits per heavy atom. The molecule has 0 radical (unpaired) electrons. The zero-order valence-corrected chi connectivity index (χ0v) is 16.1. The van der Waals surface area contributed by atoms with Gasteiger partial charge in [-0.25, -0.2) is 8.78 Å². The highest BCUT2D eigenvalue weighted by Crippen LogP contribution is 2.24. The molecule has 0 unspecified atom stereocenters. The Hall–Kier alpha value is -2.96. The van der Waals surface area contributed by atoms with Crippen LogP contribution in [0, 0.1) is 11.6 Å². The van der Waals surface area contributed by atoms with Gasteiger partial charge in [0, 0.05) is 0 Å². The first-order valence-electron chi connectivity index (χ1n) is 8.79. The minimum atomic E-state index is -0.912. The Morgan fingerprint density at radius 3 is 2.18 bits per heavy atom. The van der Waals surface area contributed by atoms with Gasteiger partial charge in [0.25, 0.3) is 5.91 Å². The average molecular weight is 391 g/mol. The molecule has 0 heterocycles. The topological polar surface area (TPSA) is 64.6 Å². The number of carbonyl (C=O) groups excluding carboxylic acids is 2. The molecule has 0 spiro atoms. The van der Waals surface area contributed by atoms with Crippen LogP contribution in [0.15, 0.2) is 42.5 Å². The zero-order valence-electron chi connectivity index (χ0n) is 16.1. The lowest BCUT2D eigenvalue weighted by Gasteiger charge is -2.19. The van der Waals surface area contributed by atoms with E-state index in [0.29, 0.717) is 5.75 Å². The highest BCUT2D eigenvalue weighted by atomic mass is 19.1. The fraction of sp³-hybridized carbons (Fsp3) is 0.333. The summed E-state index contributed by atoms with van der Waals surface area (Å²) in [6.45, 7) is 5.75. The molecule has 5 nitrogen and oxygen atoms in total. The molecule has 28 heavy (non-hydrogen) atoms. The molecule has 0 atom stereocenters. The number of halogens is 2. The van der Waals surface area contributed by atoms with E-state index in [2.05, 4.69) is 20.8 Å². The number of benzene rings is 2.